The zero-order valence-corrected chi connectivity index (χ0v) is 12.8. The summed E-state index contributed by atoms with van der Waals surface area (Å²) in [6, 6.07) is 6.81. The highest BCUT2D eigenvalue weighted by atomic mass is 16.6. The van der Waals surface area contributed by atoms with E-state index < -0.39 is 0 Å². The summed E-state index contributed by atoms with van der Waals surface area (Å²) < 4.78 is 11.1. The molecular formula is C16H26N2O2. The van der Waals surface area contributed by atoms with Crippen molar-refractivity contribution in [3.63, 3.8) is 0 Å². The van der Waals surface area contributed by atoms with Gasteiger partial charge in [-0.05, 0) is 38.1 Å². The topological polar surface area (TPSA) is 33.7 Å². The van der Waals surface area contributed by atoms with Gasteiger partial charge in [0.25, 0.3) is 0 Å². The van der Waals surface area contributed by atoms with E-state index in [0.717, 1.165) is 31.1 Å². The van der Waals surface area contributed by atoms with Crippen LogP contribution in [0.3, 0.4) is 0 Å². The number of nitrogens with zero attached hydrogens (tertiary/aromatic N) is 1. The van der Waals surface area contributed by atoms with E-state index in [4.69, 9.17) is 9.47 Å². The first-order chi connectivity index (χ1) is 9.70. The van der Waals surface area contributed by atoms with Crippen LogP contribution in [0.1, 0.15) is 25.8 Å². The molecule has 0 bridgehead atoms. The highest BCUT2D eigenvalue weighted by Gasteiger charge is 2.11. The van der Waals surface area contributed by atoms with Crippen molar-refractivity contribution in [1.29, 1.82) is 0 Å². The first kappa shape index (κ1) is 15.1. The molecule has 0 aromatic heterocycles. The number of rotatable bonds is 7. The van der Waals surface area contributed by atoms with Gasteiger partial charge >= 0.3 is 0 Å². The van der Waals surface area contributed by atoms with Gasteiger partial charge in [-0.1, -0.05) is 13.0 Å². The van der Waals surface area contributed by atoms with Crippen molar-refractivity contribution in [3.05, 3.63) is 23.8 Å². The van der Waals surface area contributed by atoms with E-state index in [2.05, 4.69) is 43.2 Å². The minimum Gasteiger partial charge on any atom is -0.486 e. The maximum atomic E-state index is 5.59. The van der Waals surface area contributed by atoms with Gasteiger partial charge in [-0.3, -0.25) is 0 Å². The third kappa shape index (κ3) is 4.12. The third-order valence-electron chi connectivity index (χ3n) is 3.92. The summed E-state index contributed by atoms with van der Waals surface area (Å²) in [5.41, 5.74) is 1.24. The van der Waals surface area contributed by atoms with E-state index in [1.54, 1.807) is 0 Å². The van der Waals surface area contributed by atoms with Crippen molar-refractivity contribution in [2.45, 2.75) is 32.9 Å². The molecule has 1 aromatic rings. The molecule has 1 unspecified atom stereocenters. The smallest absolute Gasteiger partial charge is 0.161 e. The normalized spacial score (nSPS) is 15.4. The SMILES string of the molecule is CCC(C)N(C)CCNCc1ccc2c(c1)OCCO2. The molecule has 20 heavy (non-hydrogen) atoms. The molecule has 1 N–H and O–H groups in total. The first-order valence-corrected chi connectivity index (χ1v) is 7.50. The van der Waals surface area contributed by atoms with Crippen LogP contribution >= 0.6 is 0 Å². The predicted octanol–water partition coefficient (Wildman–Crippen LogP) is 2.28. The Morgan fingerprint density at radius 2 is 2.00 bits per heavy atom. The van der Waals surface area contributed by atoms with Gasteiger partial charge in [-0.2, -0.15) is 0 Å². The monoisotopic (exact) mass is 278 g/mol. The van der Waals surface area contributed by atoms with Crippen LogP contribution in [0.4, 0.5) is 0 Å². The highest BCUT2D eigenvalue weighted by molar-refractivity contribution is 5.43. The summed E-state index contributed by atoms with van der Waals surface area (Å²) in [6.07, 6.45) is 1.19. The number of hydrogen-bond donors (Lipinski definition) is 1. The molecule has 4 nitrogen and oxygen atoms in total. The number of benzene rings is 1. The maximum absolute atomic E-state index is 5.59. The fourth-order valence-electron chi connectivity index (χ4n) is 2.22. The van der Waals surface area contributed by atoms with Crippen molar-refractivity contribution in [2.75, 3.05) is 33.4 Å². The van der Waals surface area contributed by atoms with Gasteiger partial charge < -0.3 is 19.7 Å². The molecule has 2 rings (SSSR count). The van der Waals surface area contributed by atoms with E-state index in [1.807, 2.05) is 6.07 Å². The Labute approximate surface area is 122 Å². The van der Waals surface area contributed by atoms with Gasteiger partial charge in [-0.25, -0.2) is 0 Å². The molecule has 0 aliphatic carbocycles. The summed E-state index contributed by atoms with van der Waals surface area (Å²) in [7, 11) is 2.18. The van der Waals surface area contributed by atoms with E-state index in [0.29, 0.717) is 19.3 Å². The Bertz CT molecular complexity index is 423. The van der Waals surface area contributed by atoms with Crippen molar-refractivity contribution in [2.24, 2.45) is 0 Å². The van der Waals surface area contributed by atoms with E-state index >= 15 is 0 Å². The minimum atomic E-state index is 0.642. The molecule has 0 saturated heterocycles. The standard InChI is InChI=1S/C16H26N2O2/c1-4-13(2)18(3)8-7-17-12-14-5-6-15-16(11-14)20-10-9-19-15/h5-6,11,13,17H,4,7-10,12H2,1-3H3. The van der Waals surface area contributed by atoms with Gasteiger partial charge in [0.2, 0.25) is 0 Å². The molecule has 1 atom stereocenters. The summed E-state index contributed by atoms with van der Waals surface area (Å²) in [5.74, 6) is 1.73. The van der Waals surface area contributed by atoms with E-state index in [9.17, 15) is 0 Å². The van der Waals surface area contributed by atoms with E-state index in [-0.39, 0.29) is 0 Å². The summed E-state index contributed by atoms with van der Waals surface area (Å²) >= 11 is 0. The zero-order chi connectivity index (χ0) is 14.4. The lowest BCUT2D eigenvalue weighted by molar-refractivity contribution is 0.171. The quantitative estimate of drug-likeness (QED) is 0.776. The molecule has 1 aliphatic heterocycles. The molecule has 1 aliphatic rings. The summed E-state index contributed by atoms with van der Waals surface area (Å²) in [5, 5.41) is 3.48. The average molecular weight is 278 g/mol. The molecule has 0 saturated carbocycles. The maximum Gasteiger partial charge on any atom is 0.161 e. The second-order valence-corrected chi connectivity index (χ2v) is 5.39. The van der Waals surface area contributed by atoms with Crippen LogP contribution in [0.5, 0.6) is 11.5 Å². The van der Waals surface area contributed by atoms with Gasteiger partial charge in [0, 0.05) is 25.7 Å². The highest BCUT2D eigenvalue weighted by Crippen LogP contribution is 2.30. The Hall–Kier alpha value is -1.26. The predicted molar refractivity (Wildman–Crippen MR) is 81.5 cm³/mol. The zero-order valence-electron chi connectivity index (χ0n) is 12.8. The number of nitrogens with one attached hydrogen (secondary N) is 1. The van der Waals surface area contributed by atoms with Crippen molar-refractivity contribution in [3.8, 4) is 11.5 Å². The lowest BCUT2D eigenvalue weighted by Crippen LogP contribution is -2.34. The Morgan fingerprint density at radius 1 is 1.25 bits per heavy atom. The lowest BCUT2D eigenvalue weighted by Gasteiger charge is -2.23. The molecule has 112 valence electrons. The fourth-order valence-corrected chi connectivity index (χ4v) is 2.22. The minimum absolute atomic E-state index is 0.642. The number of fused-ring (bicyclic) bond motifs is 1. The van der Waals surface area contributed by atoms with Crippen LogP contribution in [0.2, 0.25) is 0 Å². The van der Waals surface area contributed by atoms with Gasteiger partial charge in [-0.15, -0.1) is 0 Å². The molecular weight excluding hydrogens is 252 g/mol. The van der Waals surface area contributed by atoms with Crippen LogP contribution in [-0.4, -0.2) is 44.3 Å². The largest absolute Gasteiger partial charge is 0.486 e. The third-order valence-corrected chi connectivity index (χ3v) is 3.92. The molecule has 1 heterocycles. The number of ether oxygens (including phenoxy) is 2. The van der Waals surface area contributed by atoms with Crippen LogP contribution in [0.15, 0.2) is 18.2 Å². The van der Waals surface area contributed by atoms with Crippen LogP contribution in [-0.2, 0) is 6.54 Å². The van der Waals surface area contributed by atoms with Crippen LogP contribution in [0.25, 0.3) is 0 Å². The van der Waals surface area contributed by atoms with Gasteiger partial charge in [0.05, 0.1) is 0 Å². The first-order valence-electron chi connectivity index (χ1n) is 7.50. The Kier molecular flexibility index (Phi) is 5.68. The van der Waals surface area contributed by atoms with Gasteiger partial charge in [0.15, 0.2) is 11.5 Å². The molecule has 0 radical (unpaired) electrons. The molecule has 4 heteroatoms. The molecule has 0 fully saturated rings. The van der Waals surface area contributed by atoms with Crippen molar-refractivity contribution < 1.29 is 9.47 Å². The Balaban J connectivity index is 1.74. The Morgan fingerprint density at radius 3 is 2.75 bits per heavy atom. The van der Waals surface area contributed by atoms with Gasteiger partial charge in [0.1, 0.15) is 13.2 Å². The fraction of sp³-hybridized carbons (Fsp3) is 0.625. The lowest BCUT2D eigenvalue weighted by atomic mass is 10.2. The van der Waals surface area contributed by atoms with E-state index in [1.165, 1.54) is 12.0 Å². The summed E-state index contributed by atoms with van der Waals surface area (Å²) in [6.45, 7) is 8.71. The van der Waals surface area contributed by atoms with Crippen molar-refractivity contribution in [1.82, 2.24) is 10.2 Å². The van der Waals surface area contributed by atoms with Crippen molar-refractivity contribution >= 4 is 0 Å². The molecule has 0 spiro atoms. The average Bonchev–Trinajstić information content (AvgIpc) is 2.50. The molecule has 0 amide bonds. The summed E-state index contributed by atoms with van der Waals surface area (Å²) in [4.78, 5) is 2.39. The second-order valence-electron chi connectivity index (χ2n) is 5.39. The molecule has 1 aromatic carbocycles. The second kappa shape index (κ2) is 7.50. The number of likely N-dealkylation sites (N-methyl/N-ethyl adjacent to an activating group) is 1. The number of hydrogen-bond acceptors (Lipinski definition) is 4. The van der Waals surface area contributed by atoms with Crippen LogP contribution < -0.4 is 14.8 Å². The van der Waals surface area contributed by atoms with Crippen LogP contribution in [0, 0.1) is 0 Å².